The van der Waals surface area contributed by atoms with Gasteiger partial charge in [0.05, 0.1) is 6.42 Å². The number of aliphatic carboxylic acids is 1. The van der Waals surface area contributed by atoms with Crippen molar-refractivity contribution in [2.45, 2.75) is 116 Å². The minimum absolute atomic E-state index is 0.561. The molecule has 0 aliphatic rings. The topological polar surface area (TPSA) is 83.8 Å². The number of carbonyl (C=O) groups is 2. The molecule has 25 heavy (non-hydrogen) atoms. The van der Waals surface area contributed by atoms with Crippen LogP contribution in [-0.4, -0.2) is 33.9 Å². The van der Waals surface area contributed by atoms with Gasteiger partial charge in [-0.2, -0.15) is 0 Å². The van der Waals surface area contributed by atoms with E-state index in [2.05, 4.69) is 20.8 Å². The molecule has 0 rings (SSSR count). The van der Waals surface area contributed by atoms with E-state index < -0.39 is 30.1 Å². The van der Waals surface area contributed by atoms with E-state index in [-0.39, 0.29) is 0 Å². The van der Waals surface area contributed by atoms with Crippen molar-refractivity contribution < 1.29 is 24.5 Å². The van der Waals surface area contributed by atoms with Crippen LogP contribution >= 0.6 is 0 Å². The molecular formula is C20H38O5. The standard InChI is InChI=1S/C20H38O5/c1-4-7-10-11-12-15-20(13-8-5-2,14-9-6-3)25-19(24)17(21)16-18(22)23/h17,21H,4-16H2,1-3H3,(H,22,23)/t17-/m0/s1. The molecule has 0 aromatic heterocycles. The molecule has 0 bridgehead atoms. The molecule has 0 aliphatic carbocycles. The number of aliphatic hydroxyl groups excluding tert-OH is 1. The highest BCUT2D eigenvalue weighted by Crippen LogP contribution is 2.32. The zero-order chi connectivity index (χ0) is 19.1. The van der Waals surface area contributed by atoms with Crippen molar-refractivity contribution in [2.24, 2.45) is 0 Å². The van der Waals surface area contributed by atoms with Crippen LogP contribution in [0.15, 0.2) is 0 Å². The molecule has 0 amide bonds. The van der Waals surface area contributed by atoms with Gasteiger partial charge in [0, 0.05) is 0 Å². The number of rotatable bonds is 16. The quantitative estimate of drug-likeness (QED) is 0.304. The normalized spacial score (nSPS) is 12.8. The van der Waals surface area contributed by atoms with E-state index in [4.69, 9.17) is 9.84 Å². The molecule has 0 saturated carbocycles. The molecule has 0 heterocycles. The maximum Gasteiger partial charge on any atom is 0.336 e. The fourth-order valence-electron chi connectivity index (χ4n) is 3.11. The molecule has 0 spiro atoms. The summed E-state index contributed by atoms with van der Waals surface area (Å²) in [6, 6.07) is 0. The van der Waals surface area contributed by atoms with E-state index in [1.54, 1.807) is 0 Å². The van der Waals surface area contributed by atoms with Crippen LogP contribution < -0.4 is 0 Å². The predicted octanol–water partition coefficient (Wildman–Crippen LogP) is 4.84. The van der Waals surface area contributed by atoms with E-state index in [9.17, 15) is 14.7 Å². The number of hydrogen-bond donors (Lipinski definition) is 2. The van der Waals surface area contributed by atoms with E-state index in [0.29, 0.717) is 0 Å². The highest BCUT2D eigenvalue weighted by Gasteiger charge is 2.35. The van der Waals surface area contributed by atoms with Crippen LogP contribution in [0, 0.1) is 0 Å². The van der Waals surface area contributed by atoms with E-state index in [0.717, 1.165) is 57.8 Å². The van der Waals surface area contributed by atoms with Gasteiger partial charge in [0.2, 0.25) is 0 Å². The van der Waals surface area contributed by atoms with Crippen LogP contribution in [0.4, 0.5) is 0 Å². The van der Waals surface area contributed by atoms with E-state index in [1.165, 1.54) is 19.3 Å². The Bertz CT molecular complexity index is 359. The first kappa shape index (κ1) is 23.9. The lowest BCUT2D eigenvalue weighted by atomic mass is 9.85. The number of hydrogen-bond acceptors (Lipinski definition) is 4. The molecule has 0 saturated heterocycles. The van der Waals surface area contributed by atoms with Crippen molar-refractivity contribution in [3.63, 3.8) is 0 Å². The highest BCUT2D eigenvalue weighted by molar-refractivity contribution is 5.81. The second-order valence-corrected chi connectivity index (χ2v) is 7.09. The van der Waals surface area contributed by atoms with Gasteiger partial charge in [0.25, 0.3) is 0 Å². The second-order valence-electron chi connectivity index (χ2n) is 7.09. The number of carbonyl (C=O) groups excluding carboxylic acids is 1. The SMILES string of the molecule is CCCCCCCC(CCCC)(CCCC)OC(=O)[C@@H](O)CC(=O)O. The van der Waals surface area contributed by atoms with Gasteiger partial charge in [-0.1, -0.05) is 59.3 Å². The Labute approximate surface area is 153 Å². The van der Waals surface area contributed by atoms with Crippen LogP contribution in [0.3, 0.4) is 0 Å². The molecule has 0 unspecified atom stereocenters. The first-order chi connectivity index (χ1) is 11.9. The van der Waals surface area contributed by atoms with Gasteiger partial charge < -0.3 is 14.9 Å². The fourth-order valence-corrected chi connectivity index (χ4v) is 3.11. The third-order valence-electron chi connectivity index (χ3n) is 4.66. The summed E-state index contributed by atoms with van der Waals surface area (Å²) in [7, 11) is 0. The first-order valence-electron chi connectivity index (χ1n) is 10.0. The van der Waals surface area contributed by atoms with Gasteiger partial charge in [-0.05, 0) is 38.5 Å². The van der Waals surface area contributed by atoms with Crippen molar-refractivity contribution in [1.82, 2.24) is 0 Å². The number of aliphatic hydroxyl groups is 1. The molecular weight excluding hydrogens is 320 g/mol. The van der Waals surface area contributed by atoms with Gasteiger partial charge in [0.15, 0.2) is 6.10 Å². The average Bonchev–Trinajstić information content (AvgIpc) is 2.57. The molecule has 5 nitrogen and oxygen atoms in total. The third kappa shape index (κ3) is 11.2. The third-order valence-corrected chi connectivity index (χ3v) is 4.66. The van der Waals surface area contributed by atoms with Crippen LogP contribution in [0.25, 0.3) is 0 Å². The van der Waals surface area contributed by atoms with E-state index in [1.807, 2.05) is 0 Å². The zero-order valence-electron chi connectivity index (χ0n) is 16.4. The van der Waals surface area contributed by atoms with Crippen LogP contribution in [-0.2, 0) is 14.3 Å². The van der Waals surface area contributed by atoms with Crippen molar-refractivity contribution in [3.8, 4) is 0 Å². The minimum Gasteiger partial charge on any atom is -0.481 e. The van der Waals surface area contributed by atoms with Crippen LogP contribution in [0.1, 0.15) is 104 Å². The minimum atomic E-state index is -1.58. The van der Waals surface area contributed by atoms with Crippen molar-refractivity contribution in [1.29, 1.82) is 0 Å². The van der Waals surface area contributed by atoms with Gasteiger partial charge >= 0.3 is 11.9 Å². The number of ether oxygens (including phenoxy) is 1. The largest absolute Gasteiger partial charge is 0.481 e. The summed E-state index contributed by atoms with van der Waals surface area (Å²) < 4.78 is 5.76. The Morgan fingerprint density at radius 3 is 1.80 bits per heavy atom. The molecule has 148 valence electrons. The van der Waals surface area contributed by atoms with E-state index >= 15 is 0 Å². The molecule has 0 radical (unpaired) electrons. The lowest BCUT2D eigenvalue weighted by Gasteiger charge is -2.35. The molecule has 2 N–H and O–H groups in total. The molecule has 1 atom stereocenters. The van der Waals surface area contributed by atoms with Gasteiger partial charge in [-0.3, -0.25) is 4.79 Å². The molecule has 0 aliphatic heterocycles. The molecule has 0 fully saturated rings. The summed E-state index contributed by atoms with van der Waals surface area (Å²) in [6.07, 6.45) is 9.81. The monoisotopic (exact) mass is 358 g/mol. The Kier molecular flexibility index (Phi) is 13.5. The Hall–Kier alpha value is -1.10. The van der Waals surface area contributed by atoms with Crippen LogP contribution in [0.5, 0.6) is 0 Å². The fraction of sp³-hybridized carbons (Fsp3) is 0.900. The first-order valence-corrected chi connectivity index (χ1v) is 10.0. The molecule has 0 aromatic rings. The van der Waals surface area contributed by atoms with Crippen LogP contribution in [0.2, 0.25) is 0 Å². The second kappa shape index (κ2) is 14.1. The summed E-state index contributed by atoms with van der Waals surface area (Å²) in [5.41, 5.74) is -0.561. The predicted molar refractivity (Wildman–Crippen MR) is 99.5 cm³/mol. The summed E-state index contributed by atoms with van der Waals surface area (Å²) >= 11 is 0. The van der Waals surface area contributed by atoms with Gasteiger partial charge in [0.1, 0.15) is 5.60 Å². The Morgan fingerprint density at radius 1 is 0.840 bits per heavy atom. The smallest absolute Gasteiger partial charge is 0.336 e. The summed E-state index contributed by atoms with van der Waals surface area (Å²) in [6.45, 7) is 6.39. The molecule has 5 heteroatoms. The summed E-state index contributed by atoms with van der Waals surface area (Å²) in [4.78, 5) is 22.9. The summed E-state index contributed by atoms with van der Waals surface area (Å²) in [5.74, 6) is -1.99. The molecule has 0 aromatic carbocycles. The lowest BCUT2D eigenvalue weighted by molar-refractivity contribution is -0.175. The average molecular weight is 359 g/mol. The van der Waals surface area contributed by atoms with Crippen molar-refractivity contribution in [2.75, 3.05) is 0 Å². The Morgan fingerprint density at radius 2 is 1.32 bits per heavy atom. The van der Waals surface area contributed by atoms with Gasteiger partial charge in [-0.15, -0.1) is 0 Å². The zero-order valence-corrected chi connectivity index (χ0v) is 16.4. The number of unbranched alkanes of at least 4 members (excludes halogenated alkanes) is 6. The summed E-state index contributed by atoms with van der Waals surface area (Å²) in [5, 5.41) is 18.6. The Balaban J connectivity index is 4.95. The van der Waals surface area contributed by atoms with Crippen molar-refractivity contribution in [3.05, 3.63) is 0 Å². The number of carboxylic acids is 1. The highest BCUT2D eigenvalue weighted by atomic mass is 16.6. The number of carboxylic acid groups (broad SMARTS) is 1. The maximum atomic E-state index is 12.2. The maximum absolute atomic E-state index is 12.2. The van der Waals surface area contributed by atoms with Gasteiger partial charge in [-0.25, -0.2) is 4.79 Å². The van der Waals surface area contributed by atoms with Crippen molar-refractivity contribution >= 4 is 11.9 Å². The number of esters is 1. The lowest BCUT2D eigenvalue weighted by Crippen LogP contribution is -2.39.